The topological polar surface area (TPSA) is 29.1 Å². The van der Waals surface area contributed by atoms with Gasteiger partial charge in [-0.05, 0) is 34.1 Å². The Morgan fingerprint density at radius 1 is 1.10 bits per heavy atom. The minimum absolute atomic E-state index is 0.0978. The molecule has 2 aromatic rings. The number of halogens is 5. The number of hydrogen-bond acceptors (Lipinski definition) is 1. The molecule has 0 heterocycles. The quantitative estimate of drug-likeness (QED) is 0.817. The van der Waals surface area contributed by atoms with Crippen molar-refractivity contribution in [1.29, 1.82) is 0 Å². The smallest absolute Gasteiger partial charge is 0.257 e. The van der Waals surface area contributed by atoms with E-state index in [0.29, 0.717) is 21.6 Å². The van der Waals surface area contributed by atoms with E-state index in [0.717, 1.165) is 0 Å². The number of rotatable bonds is 2. The highest BCUT2D eigenvalue weighted by Gasteiger charge is 2.17. The highest BCUT2D eigenvalue weighted by molar-refractivity contribution is 9.10. The van der Waals surface area contributed by atoms with Crippen molar-refractivity contribution in [2.75, 3.05) is 5.32 Å². The lowest BCUT2D eigenvalue weighted by Gasteiger charge is -2.09. The Kier molecular flexibility index (Phi) is 4.35. The first-order valence-corrected chi connectivity index (χ1v) is 6.46. The summed E-state index contributed by atoms with van der Waals surface area (Å²) in [6.07, 6.45) is 0. The van der Waals surface area contributed by atoms with E-state index in [2.05, 4.69) is 15.9 Å². The van der Waals surface area contributed by atoms with Crippen molar-refractivity contribution >= 4 is 39.1 Å². The Morgan fingerprint density at radius 2 is 1.70 bits per heavy atom. The molecule has 0 saturated carbocycles. The summed E-state index contributed by atoms with van der Waals surface area (Å²) in [4.78, 5) is 11.9. The Labute approximate surface area is 125 Å². The molecule has 1 amide bonds. The third-order valence-corrected chi connectivity index (χ3v) is 3.35. The number of benzene rings is 2. The van der Waals surface area contributed by atoms with Gasteiger partial charge in [-0.2, -0.15) is 0 Å². The van der Waals surface area contributed by atoms with Crippen LogP contribution in [0.2, 0.25) is 5.02 Å². The van der Waals surface area contributed by atoms with Gasteiger partial charge in [-0.25, -0.2) is 13.2 Å². The second kappa shape index (κ2) is 5.85. The molecular formula is C13H6BrClF3NO. The number of carbonyl (C=O) groups excluding carboxylic acids is 1. The molecule has 0 fully saturated rings. The summed E-state index contributed by atoms with van der Waals surface area (Å²) in [5.41, 5.74) is -0.621. The minimum Gasteiger partial charge on any atom is -0.317 e. The molecule has 7 heteroatoms. The number of hydrogen-bond donors (Lipinski definition) is 1. The molecular weight excluding hydrogens is 358 g/mol. The average molecular weight is 365 g/mol. The molecule has 2 rings (SSSR count). The average Bonchev–Trinajstić information content (AvgIpc) is 2.36. The van der Waals surface area contributed by atoms with Crippen LogP contribution in [-0.4, -0.2) is 5.91 Å². The fourth-order valence-electron chi connectivity index (χ4n) is 1.51. The van der Waals surface area contributed by atoms with Crippen molar-refractivity contribution in [2.45, 2.75) is 0 Å². The maximum atomic E-state index is 13.4. The SMILES string of the molecule is O=C(Nc1c(F)cc(F)cc1F)c1cc(Cl)ccc1Br. The number of amides is 1. The summed E-state index contributed by atoms with van der Waals surface area (Å²) in [7, 11) is 0. The van der Waals surface area contributed by atoms with Gasteiger partial charge >= 0.3 is 0 Å². The van der Waals surface area contributed by atoms with Crippen molar-refractivity contribution in [3.63, 3.8) is 0 Å². The van der Waals surface area contributed by atoms with Crippen molar-refractivity contribution in [3.05, 3.63) is 62.8 Å². The van der Waals surface area contributed by atoms with Gasteiger partial charge in [0.15, 0.2) is 11.6 Å². The lowest BCUT2D eigenvalue weighted by molar-refractivity contribution is 0.102. The van der Waals surface area contributed by atoms with E-state index in [4.69, 9.17) is 11.6 Å². The molecule has 0 spiro atoms. The van der Waals surface area contributed by atoms with Crippen LogP contribution in [0, 0.1) is 17.5 Å². The molecule has 0 aliphatic heterocycles. The molecule has 0 aliphatic rings. The maximum absolute atomic E-state index is 13.4. The summed E-state index contributed by atoms with van der Waals surface area (Å²) < 4.78 is 40.0. The third-order valence-electron chi connectivity index (χ3n) is 2.42. The van der Waals surface area contributed by atoms with E-state index < -0.39 is 29.0 Å². The summed E-state index contributed by atoms with van der Waals surface area (Å²) in [6.45, 7) is 0. The normalized spacial score (nSPS) is 10.4. The highest BCUT2D eigenvalue weighted by Crippen LogP contribution is 2.25. The first-order chi connectivity index (χ1) is 9.38. The molecule has 0 aromatic heterocycles. The second-order valence-electron chi connectivity index (χ2n) is 3.82. The molecule has 1 N–H and O–H groups in total. The molecule has 0 saturated heterocycles. The van der Waals surface area contributed by atoms with Crippen LogP contribution in [0.5, 0.6) is 0 Å². The zero-order chi connectivity index (χ0) is 14.9. The van der Waals surface area contributed by atoms with E-state index in [1.54, 1.807) is 6.07 Å². The monoisotopic (exact) mass is 363 g/mol. The Bertz CT molecular complexity index is 670. The van der Waals surface area contributed by atoms with Gasteiger partial charge in [-0.1, -0.05) is 11.6 Å². The summed E-state index contributed by atoms with van der Waals surface area (Å²) in [6, 6.07) is 5.35. The van der Waals surface area contributed by atoms with Gasteiger partial charge in [0.05, 0.1) is 5.56 Å². The molecule has 2 nitrogen and oxygen atoms in total. The van der Waals surface area contributed by atoms with Gasteiger partial charge in [0.2, 0.25) is 0 Å². The van der Waals surface area contributed by atoms with Gasteiger partial charge in [0.1, 0.15) is 11.5 Å². The molecule has 0 bridgehead atoms. The van der Waals surface area contributed by atoms with E-state index in [1.165, 1.54) is 12.1 Å². The predicted molar refractivity (Wildman–Crippen MR) is 73.4 cm³/mol. The lowest BCUT2D eigenvalue weighted by atomic mass is 10.2. The van der Waals surface area contributed by atoms with Crippen LogP contribution >= 0.6 is 27.5 Å². The Morgan fingerprint density at radius 3 is 2.30 bits per heavy atom. The van der Waals surface area contributed by atoms with Gasteiger partial charge in [-0.15, -0.1) is 0 Å². The summed E-state index contributed by atoms with van der Waals surface area (Å²) in [5.74, 6) is -4.24. The van der Waals surface area contributed by atoms with Crippen molar-refractivity contribution in [3.8, 4) is 0 Å². The largest absolute Gasteiger partial charge is 0.317 e. The zero-order valence-electron chi connectivity index (χ0n) is 9.68. The van der Waals surface area contributed by atoms with Crippen LogP contribution in [0.15, 0.2) is 34.8 Å². The highest BCUT2D eigenvalue weighted by atomic mass is 79.9. The van der Waals surface area contributed by atoms with Crippen LogP contribution in [0.4, 0.5) is 18.9 Å². The van der Waals surface area contributed by atoms with Gasteiger partial charge in [0.25, 0.3) is 5.91 Å². The standard InChI is InChI=1S/C13H6BrClF3NO/c14-9-2-1-6(15)3-8(9)13(20)19-12-10(17)4-7(16)5-11(12)18/h1-5H,(H,19,20). The molecule has 104 valence electrons. The first kappa shape index (κ1) is 14.9. The van der Waals surface area contributed by atoms with E-state index in [-0.39, 0.29) is 5.56 Å². The lowest BCUT2D eigenvalue weighted by Crippen LogP contribution is -2.15. The third kappa shape index (κ3) is 3.13. The van der Waals surface area contributed by atoms with Crippen LogP contribution in [0.25, 0.3) is 0 Å². The van der Waals surface area contributed by atoms with Crippen molar-refractivity contribution in [2.24, 2.45) is 0 Å². The van der Waals surface area contributed by atoms with Crippen LogP contribution < -0.4 is 5.32 Å². The van der Waals surface area contributed by atoms with E-state index in [9.17, 15) is 18.0 Å². The predicted octanol–water partition coefficient (Wildman–Crippen LogP) is 4.77. The molecule has 0 unspecified atom stereocenters. The minimum atomic E-state index is -1.20. The van der Waals surface area contributed by atoms with E-state index >= 15 is 0 Å². The molecule has 0 atom stereocenters. The van der Waals surface area contributed by atoms with E-state index in [1.807, 2.05) is 5.32 Å². The Balaban J connectivity index is 2.35. The van der Waals surface area contributed by atoms with Crippen molar-refractivity contribution in [1.82, 2.24) is 0 Å². The molecule has 0 radical (unpaired) electrons. The number of anilines is 1. The maximum Gasteiger partial charge on any atom is 0.257 e. The van der Waals surface area contributed by atoms with Gasteiger partial charge < -0.3 is 5.32 Å². The summed E-state index contributed by atoms with van der Waals surface area (Å²) in [5, 5.41) is 2.34. The summed E-state index contributed by atoms with van der Waals surface area (Å²) >= 11 is 8.87. The fourth-order valence-corrected chi connectivity index (χ4v) is 2.11. The fraction of sp³-hybridized carbons (Fsp3) is 0. The number of nitrogens with one attached hydrogen (secondary N) is 1. The number of carbonyl (C=O) groups is 1. The van der Waals surface area contributed by atoms with Gasteiger partial charge in [-0.3, -0.25) is 4.79 Å². The molecule has 0 aliphatic carbocycles. The molecule has 2 aromatic carbocycles. The van der Waals surface area contributed by atoms with Gasteiger partial charge in [0, 0.05) is 21.6 Å². The molecule has 20 heavy (non-hydrogen) atoms. The van der Waals surface area contributed by atoms with Crippen LogP contribution in [0.3, 0.4) is 0 Å². The second-order valence-corrected chi connectivity index (χ2v) is 5.11. The zero-order valence-corrected chi connectivity index (χ0v) is 12.0. The van der Waals surface area contributed by atoms with Crippen molar-refractivity contribution < 1.29 is 18.0 Å². The van der Waals surface area contributed by atoms with Crippen LogP contribution in [-0.2, 0) is 0 Å². The Hall–Kier alpha value is -1.53. The van der Waals surface area contributed by atoms with Crippen LogP contribution in [0.1, 0.15) is 10.4 Å². The first-order valence-electron chi connectivity index (χ1n) is 5.29.